The van der Waals surface area contributed by atoms with Crippen LogP contribution in [-0.4, -0.2) is 35.1 Å². The first-order chi connectivity index (χ1) is 11.5. The van der Waals surface area contributed by atoms with E-state index in [0.717, 1.165) is 0 Å². The van der Waals surface area contributed by atoms with Gasteiger partial charge in [0.05, 0.1) is 5.69 Å². The summed E-state index contributed by atoms with van der Waals surface area (Å²) in [6, 6.07) is 6.65. The van der Waals surface area contributed by atoms with E-state index >= 15 is 0 Å². The van der Waals surface area contributed by atoms with Crippen LogP contribution in [0.3, 0.4) is 0 Å². The minimum atomic E-state index is -0.619. The highest BCUT2D eigenvalue weighted by molar-refractivity contribution is 5.96. The maximum atomic E-state index is 13.1. The summed E-state index contributed by atoms with van der Waals surface area (Å²) in [7, 11) is 1.51. The van der Waals surface area contributed by atoms with Gasteiger partial charge in [0, 0.05) is 13.1 Å². The lowest BCUT2D eigenvalue weighted by Gasteiger charge is -2.14. The Hall–Kier alpha value is -2.90. The van der Waals surface area contributed by atoms with Gasteiger partial charge in [0.25, 0.3) is 5.91 Å². The third-order valence-electron chi connectivity index (χ3n) is 3.33. The smallest absolute Gasteiger partial charge is 0.272 e. The summed E-state index contributed by atoms with van der Waals surface area (Å²) >= 11 is 0. The Morgan fingerprint density at radius 2 is 2.17 bits per heavy atom. The number of nitrogens with zero attached hydrogens (tertiary/aromatic N) is 1. The molecule has 1 atom stereocenters. The van der Waals surface area contributed by atoms with Crippen LogP contribution < -0.4 is 15.4 Å². The molecule has 0 bridgehead atoms. The molecular weight excluding hydrogens is 315 g/mol. The number of aromatic amines is 1. The number of nitrogens with one attached hydrogen (secondary N) is 3. The summed E-state index contributed by atoms with van der Waals surface area (Å²) in [4.78, 5) is 23.7. The number of hydrogen-bond acceptors (Lipinski definition) is 4. The zero-order chi connectivity index (χ0) is 17.5. The molecule has 3 N–H and O–H groups in total. The second kappa shape index (κ2) is 8.09. The molecule has 0 radical (unpaired) electrons. The van der Waals surface area contributed by atoms with Gasteiger partial charge in [0.2, 0.25) is 5.91 Å². The van der Waals surface area contributed by atoms with Crippen molar-refractivity contribution < 1.29 is 18.7 Å². The molecule has 1 heterocycles. The van der Waals surface area contributed by atoms with Crippen molar-refractivity contribution >= 4 is 11.8 Å². The fourth-order valence-electron chi connectivity index (χ4n) is 2.03. The minimum absolute atomic E-state index is 0.108. The first-order valence-electron chi connectivity index (χ1n) is 7.48. The highest BCUT2D eigenvalue weighted by atomic mass is 19.1. The molecule has 0 aliphatic carbocycles. The number of likely N-dealkylation sites (N-methyl/N-ethyl adjacent to an activating group) is 1. The van der Waals surface area contributed by atoms with Crippen molar-refractivity contribution in [3.63, 3.8) is 0 Å². The van der Waals surface area contributed by atoms with Crippen LogP contribution in [0, 0.1) is 5.82 Å². The molecule has 2 amide bonds. The molecule has 0 aliphatic rings. The summed E-state index contributed by atoms with van der Waals surface area (Å²) < 4.78 is 18.5. The second-order valence-electron chi connectivity index (χ2n) is 5.07. The molecule has 0 spiro atoms. The lowest BCUT2D eigenvalue weighted by Crippen LogP contribution is -2.45. The maximum Gasteiger partial charge on any atom is 0.272 e. The van der Waals surface area contributed by atoms with Crippen LogP contribution in [0.4, 0.5) is 4.39 Å². The van der Waals surface area contributed by atoms with Gasteiger partial charge in [-0.15, -0.1) is 0 Å². The number of halogens is 1. The highest BCUT2D eigenvalue weighted by Crippen LogP contribution is 2.13. The molecule has 0 aliphatic heterocycles. The largest absolute Gasteiger partial charge is 0.487 e. The van der Waals surface area contributed by atoms with Crippen LogP contribution in [0.5, 0.6) is 5.75 Å². The van der Waals surface area contributed by atoms with E-state index in [-0.39, 0.29) is 18.2 Å². The fourth-order valence-corrected chi connectivity index (χ4v) is 2.03. The first kappa shape index (κ1) is 17.5. The number of ether oxygens (including phenoxy) is 1. The zero-order valence-corrected chi connectivity index (χ0v) is 13.4. The quantitative estimate of drug-likeness (QED) is 0.713. The summed E-state index contributed by atoms with van der Waals surface area (Å²) in [6.45, 7) is 1.90. The van der Waals surface area contributed by atoms with Crippen molar-refractivity contribution in [3.05, 3.63) is 47.5 Å². The molecule has 0 saturated heterocycles. The van der Waals surface area contributed by atoms with Crippen molar-refractivity contribution in [3.8, 4) is 5.75 Å². The van der Waals surface area contributed by atoms with E-state index in [1.807, 2.05) is 0 Å². The summed E-state index contributed by atoms with van der Waals surface area (Å²) in [5, 5.41) is 11.7. The van der Waals surface area contributed by atoms with E-state index in [0.29, 0.717) is 17.9 Å². The van der Waals surface area contributed by atoms with Gasteiger partial charge in [-0.2, -0.15) is 5.10 Å². The van der Waals surface area contributed by atoms with Gasteiger partial charge >= 0.3 is 0 Å². The van der Waals surface area contributed by atoms with E-state index < -0.39 is 17.8 Å². The van der Waals surface area contributed by atoms with Crippen molar-refractivity contribution in [2.45, 2.75) is 26.0 Å². The number of aromatic nitrogens is 2. The molecule has 24 heavy (non-hydrogen) atoms. The fraction of sp³-hybridized carbons (Fsp3) is 0.312. The number of H-pyrrole nitrogens is 1. The number of carbonyl (C=O) groups excluding carboxylic acids is 2. The van der Waals surface area contributed by atoms with Crippen LogP contribution in [0.25, 0.3) is 0 Å². The van der Waals surface area contributed by atoms with Gasteiger partial charge in [-0.05, 0) is 24.6 Å². The van der Waals surface area contributed by atoms with Gasteiger partial charge in [-0.3, -0.25) is 14.7 Å². The Kier molecular flexibility index (Phi) is 5.89. The number of rotatable bonds is 7. The average Bonchev–Trinajstić information content (AvgIpc) is 3.06. The van der Waals surface area contributed by atoms with Gasteiger partial charge in [-0.25, -0.2) is 4.39 Å². The predicted molar refractivity (Wildman–Crippen MR) is 84.9 cm³/mol. The SMILES string of the molecule is CC[C@@H](NC(=O)c1cc(COc2cccc(F)c2)[nH]n1)C(=O)NC. The van der Waals surface area contributed by atoms with Crippen molar-refractivity contribution in [1.82, 2.24) is 20.8 Å². The Morgan fingerprint density at radius 3 is 2.83 bits per heavy atom. The second-order valence-corrected chi connectivity index (χ2v) is 5.07. The van der Waals surface area contributed by atoms with Gasteiger partial charge < -0.3 is 15.4 Å². The Labute approximate surface area is 138 Å². The lowest BCUT2D eigenvalue weighted by atomic mass is 10.2. The first-order valence-corrected chi connectivity index (χ1v) is 7.48. The van der Waals surface area contributed by atoms with E-state index in [4.69, 9.17) is 4.74 Å². The summed E-state index contributed by atoms with van der Waals surface area (Å²) in [5.41, 5.74) is 0.701. The number of carbonyl (C=O) groups is 2. The van der Waals surface area contributed by atoms with E-state index in [2.05, 4.69) is 20.8 Å². The maximum absolute atomic E-state index is 13.1. The van der Waals surface area contributed by atoms with Crippen molar-refractivity contribution in [2.75, 3.05) is 7.05 Å². The van der Waals surface area contributed by atoms with E-state index in [9.17, 15) is 14.0 Å². The molecule has 0 fully saturated rings. The third-order valence-corrected chi connectivity index (χ3v) is 3.33. The van der Waals surface area contributed by atoms with E-state index in [1.54, 1.807) is 19.1 Å². The molecule has 7 nitrogen and oxygen atoms in total. The van der Waals surface area contributed by atoms with Crippen LogP contribution in [0.1, 0.15) is 29.5 Å². The molecule has 8 heteroatoms. The normalized spacial score (nSPS) is 11.6. The van der Waals surface area contributed by atoms with Crippen LogP contribution in [0.15, 0.2) is 30.3 Å². The molecule has 1 aromatic heterocycles. The van der Waals surface area contributed by atoms with Crippen molar-refractivity contribution in [2.24, 2.45) is 0 Å². The monoisotopic (exact) mass is 334 g/mol. The predicted octanol–water partition coefficient (Wildman–Crippen LogP) is 1.38. The van der Waals surface area contributed by atoms with E-state index in [1.165, 1.54) is 25.2 Å². The third kappa shape index (κ3) is 4.55. The summed E-state index contributed by atoms with van der Waals surface area (Å²) in [6.07, 6.45) is 0.464. The Bertz CT molecular complexity index is 717. The molecule has 0 saturated carbocycles. The zero-order valence-electron chi connectivity index (χ0n) is 13.4. The molecule has 2 rings (SSSR count). The number of hydrogen-bond donors (Lipinski definition) is 3. The Morgan fingerprint density at radius 1 is 1.38 bits per heavy atom. The standard InChI is InChI=1S/C16H19FN4O3/c1-3-13(15(22)18-2)19-16(23)14-8-11(20-21-14)9-24-12-6-4-5-10(17)7-12/h4-8,13H,3,9H2,1-2H3,(H,18,22)(H,19,23)(H,20,21)/t13-/m1/s1. The average molecular weight is 334 g/mol. The molecule has 2 aromatic rings. The Balaban J connectivity index is 1.94. The lowest BCUT2D eigenvalue weighted by molar-refractivity contribution is -0.122. The molecule has 128 valence electrons. The van der Waals surface area contributed by atoms with Crippen LogP contribution >= 0.6 is 0 Å². The van der Waals surface area contributed by atoms with Crippen LogP contribution in [0.2, 0.25) is 0 Å². The number of amides is 2. The highest BCUT2D eigenvalue weighted by Gasteiger charge is 2.20. The van der Waals surface area contributed by atoms with Gasteiger partial charge in [0.1, 0.15) is 29.9 Å². The minimum Gasteiger partial charge on any atom is -0.487 e. The van der Waals surface area contributed by atoms with Gasteiger partial charge in [-0.1, -0.05) is 13.0 Å². The number of benzene rings is 1. The topological polar surface area (TPSA) is 96.1 Å². The summed E-state index contributed by atoms with van der Waals surface area (Å²) in [5.74, 6) is -0.743. The van der Waals surface area contributed by atoms with Crippen molar-refractivity contribution in [1.29, 1.82) is 0 Å². The van der Waals surface area contributed by atoms with Crippen LogP contribution in [-0.2, 0) is 11.4 Å². The molecular formula is C16H19FN4O3. The molecule has 1 aromatic carbocycles. The molecule has 0 unspecified atom stereocenters. The van der Waals surface area contributed by atoms with Gasteiger partial charge in [0.15, 0.2) is 0 Å².